The second-order valence-electron chi connectivity index (χ2n) is 6.78. The molecule has 1 aromatic carbocycles. The Morgan fingerprint density at radius 1 is 1.25 bits per heavy atom. The quantitative estimate of drug-likeness (QED) is 0.868. The van der Waals surface area contributed by atoms with E-state index in [1.54, 1.807) is 4.90 Å². The summed E-state index contributed by atoms with van der Waals surface area (Å²) in [5.41, 5.74) is 7.48. The van der Waals surface area contributed by atoms with E-state index in [9.17, 15) is 4.79 Å². The zero-order chi connectivity index (χ0) is 15.2. The molecule has 0 fully saturated rings. The Bertz CT molecular complexity index is 409. The molecule has 0 spiro atoms. The van der Waals surface area contributed by atoms with Gasteiger partial charge in [0.15, 0.2) is 0 Å². The molecule has 1 rings (SSSR count). The summed E-state index contributed by atoms with van der Waals surface area (Å²) in [6.07, 6.45) is 2.19. The number of amides is 1. The standard InChI is InChI=1S/C17H28N2O/c1-17(2,3)13-15(18)12-16(20)19(4)11-10-14-8-6-5-7-9-14/h5-9,15H,10-13,18H2,1-4H3. The molecule has 3 heteroatoms. The maximum absolute atomic E-state index is 12.1. The molecule has 1 atom stereocenters. The van der Waals surface area contributed by atoms with Crippen LogP contribution < -0.4 is 5.73 Å². The first-order valence-corrected chi connectivity index (χ1v) is 7.31. The van der Waals surface area contributed by atoms with Crippen LogP contribution in [0.4, 0.5) is 0 Å². The van der Waals surface area contributed by atoms with Gasteiger partial charge < -0.3 is 10.6 Å². The fraction of sp³-hybridized carbons (Fsp3) is 0.588. The summed E-state index contributed by atoms with van der Waals surface area (Å²) >= 11 is 0. The van der Waals surface area contributed by atoms with Crippen LogP contribution in [0.15, 0.2) is 30.3 Å². The Balaban J connectivity index is 2.36. The molecule has 3 nitrogen and oxygen atoms in total. The fourth-order valence-electron chi connectivity index (χ4n) is 2.31. The summed E-state index contributed by atoms with van der Waals surface area (Å²) in [7, 11) is 1.86. The monoisotopic (exact) mass is 276 g/mol. The first-order valence-electron chi connectivity index (χ1n) is 7.31. The van der Waals surface area contributed by atoms with E-state index in [4.69, 9.17) is 5.73 Å². The number of hydrogen-bond donors (Lipinski definition) is 1. The molecule has 0 bridgehead atoms. The van der Waals surface area contributed by atoms with Crippen LogP contribution >= 0.6 is 0 Å². The van der Waals surface area contributed by atoms with E-state index in [1.807, 2.05) is 25.2 Å². The van der Waals surface area contributed by atoms with Crippen LogP contribution in [-0.4, -0.2) is 30.4 Å². The third kappa shape index (κ3) is 6.71. The van der Waals surface area contributed by atoms with Gasteiger partial charge in [-0.2, -0.15) is 0 Å². The molecule has 0 aromatic heterocycles. The van der Waals surface area contributed by atoms with E-state index in [0.29, 0.717) is 6.42 Å². The minimum atomic E-state index is -0.0540. The lowest BCUT2D eigenvalue weighted by atomic mass is 9.87. The average Bonchev–Trinajstić information content (AvgIpc) is 2.34. The van der Waals surface area contributed by atoms with Gasteiger partial charge >= 0.3 is 0 Å². The van der Waals surface area contributed by atoms with E-state index in [0.717, 1.165) is 19.4 Å². The lowest BCUT2D eigenvalue weighted by molar-refractivity contribution is -0.130. The summed E-state index contributed by atoms with van der Waals surface area (Å²) in [6.45, 7) is 7.19. The van der Waals surface area contributed by atoms with Crippen molar-refractivity contribution in [3.8, 4) is 0 Å². The van der Waals surface area contributed by atoms with Gasteiger partial charge in [-0.15, -0.1) is 0 Å². The molecule has 0 saturated carbocycles. The highest BCUT2D eigenvalue weighted by atomic mass is 16.2. The Kier molecular flexibility index (Phi) is 6.21. The minimum Gasteiger partial charge on any atom is -0.345 e. The van der Waals surface area contributed by atoms with E-state index in [-0.39, 0.29) is 17.4 Å². The van der Waals surface area contributed by atoms with Crippen molar-refractivity contribution in [3.05, 3.63) is 35.9 Å². The van der Waals surface area contributed by atoms with Crippen molar-refractivity contribution in [3.63, 3.8) is 0 Å². The van der Waals surface area contributed by atoms with Crippen molar-refractivity contribution < 1.29 is 4.79 Å². The molecule has 0 saturated heterocycles. The van der Waals surface area contributed by atoms with Crippen LogP contribution in [-0.2, 0) is 11.2 Å². The van der Waals surface area contributed by atoms with Crippen LogP contribution in [0.3, 0.4) is 0 Å². The molecule has 112 valence electrons. The number of carbonyl (C=O) groups is 1. The topological polar surface area (TPSA) is 46.3 Å². The normalized spacial score (nSPS) is 13.1. The van der Waals surface area contributed by atoms with Crippen LogP contribution in [0.5, 0.6) is 0 Å². The summed E-state index contributed by atoms with van der Waals surface area (Å²) in [4.78, 5) is 13.9. The molecular weight excluding hydrogens is 248 g/mol. The maximum atomic E-state index is 12.1. The highest BCUT2D eigenvalue weighted by Gasteiger charge is 2.19. The lowest BCUT2D eigenvalue weighted by Gasteiger charge is -2.25. The third-order valence-electron chi connectivity index (χ3n) is 3.32. The lowest BCUT2D eigenvalue weighted by Crippen LogP contribution is -2.36. The number of hydrogen-bond acceptors (Lipinski definition) is 2. The second kappa shape index (κ2) is 7.44. The summed E-state index contributed by atoms with van der Waals surface area (Å²) in [5.74, 6) is 0.137. The van der Waals surface area contributed by atoms with E-state index in [1.165, 1.54) is 5.56 Å². The van der Waals surface area contributed by atoms with Crippen LogP contribution in [0.25, 0.3) is 0 Å². The smallest absolute Gasteiger partial charge is 0.223 e. The molecule has 2 N–H and O–H groups in total. The highest BCUT2D eigenvalue weighted by molar-refractivity contribution is 5.76. The molecule has 0 aliphatic rings. The molecular formula is C17H28N2O. The number of nitrogens with two attached hydrogens (primary N) is 1. The summed E-state index contributed by atoms with van der Waals surface area (Å²) < 4.78 is 0. The third-order valence-corrected chi connectivity index (χ3v) is 3.32. The molecule has 1 aromatic rings. The first-order chi connectivity index (χ1) is 9.28. The second-order valence-corrected chi connectivity index (χ2v) is 6.78. The van der Waals surface area contributed by atoms with Crippen molar-refractivity contribution in [2.75, 3.05) is 13.6 Å². The number of likely N-dealkylation sites (N-methyl/N-ethyl adjacent to an activating group) is 1. The van der Waals surface area contributed by atoms with Gasteiger partial charge in [0.05, 0.1) is 0 Å². The number of carbonyl (C=O) groups excluding carboxylic acids is 1. The molecule has 0 radical (unpaired) electrons. The van der Waals surface area contributed by atoms with Crippen molar-refractivity contribution >= 4 is 5.91 Å². The first kappa shape index (κ1) is 16.7. The number of benzene rings is 1. The Morgan fingerprint density at radius 2 is 1.85 bits per heavy atom. The molecule has 0 aliphatic carbocycles. The van der Waals surface area contributed by atoms with Crippen molar-refractivity contribution in [1.82, 2.24) is 4.90 Å². The molecule has 1 amide bonds. The van der Waals surface area contributed by atoms with Crippen LogP contribution in [0.1, 0.15) is 39.2 Å². The summed E-state index contributed by atoms with van der Waals surface area (Å²) in [5, 5.41) is 0. The van der Waals surface area contributed by atoms with Crippen molar-refractivity contribution in [1.29, 1.82) is 0 Å². The van der Waals surface area contributed by atoms with E-state index >= 15 is 0 Å². The van der Waals surface area contributed by atoms with Gasteiger partial charge in [0.1, 0.15) is 0 Å². The number of nitrogens with zero attached hydrogens (tertiary/aromatic N) is 1. The Morgan fingerprint density at radius 3 is 2.40 bits per heavy atom. The van der Waals surface area contributed by atoms with Gasteiger partial charge in [0.25, 0.3) is 0 Å². The number of rotatable bonds is 6. The fourth-order valence-corrected chi connectivity index (χ4v) is 2.31. The molecule has 20 heavy (non-hydrogen) atoms. The predicted octanol–water partition coefficient (Wildman–Crippen LogP) is 2.84. The van der Waals surface area contributed by atoms with Crippen LogP contribution in [0.2, 0.25) is 0 Å². The molecule has 1 unspecified atom stereocenters. The van der Waals surface area contributed by atoms with Crippen molar-refractivity contribution in [2.45, 2.75) is 46.1 Å². The van der Waals surface area contributed by atoms with Gasteiger partial charge in [-0.25, -0.2) is 0 Å². The van der Waals surface area contributed by atoms with Gasteiger partial charge in [0, 0.05) is 26.1 Å². The SMILES string of the molecule is CN(CCc1ccccc1)C(=O)CC(N)CC(C)(C)C. The maximum Gasteiger partial charge on any atom is 0.223 e. The van der Waals surface area contributed by atoms with Gasteiger partial charge in [-0.05, 0) is 23.8 Å². The zero-order valence-electron chi connectivity index (χ0n) is 13.2. The van der Waals surface area contributed by atoms with Gasteiger partial charge in [-0.3, -0.25) is 4.79 Å². The molecule has 0 heterocycles. The molecule has 0 aliphatic heterocycles. The van der Waals surface area contributed by atoms with Gasteiger partial charge in [-0.1, -0.05) is 51.1 Å². The van der Waals surface area contributed by atoms with Gasteiger partial charge in [0.2, 0.25) is 5.91 Å². The summed E-state index contributed by atoms with van der Waals surface area (Å²) in [6, 6.07) is 10.2. The highest BCUT2D eigenvalue weighted by Crippen LogP contribution is 2.21. The minimum absolute atomic E-state index is 0.0540. The Hall–Kier alpha value is -1.35. The Labute approximate surface area is 123 Å². The van der Waals surface area contributed by atoms with Crippen LogP contribution in [0, 0.1) is 5.41 Å². The van der Waals surface area contributed by atoms with E-state index in [2.05, 4.69) is 32.9 Å². The van der Waals surface area contributed by atoms with E-state index < -0.39 is 0 Å². The largest absolute Gasteiger partial charge is 0.345 e. The predicted molar refractivity (Wildman–Crippen MR) is 84.4 cm³/mol. The average molecular weight is 276 g/mol. The zero-order valence-corrected chi connectivity index (χ0v) is 13.2. The van der Waals surface area contributed by atoms with Crippen molar-refractivity contribution in [2.24, 2.45) is 11.1 Å².